The minimum atomic E-state index is -0.281. The molecule has 1 heterocycles. The van der Waals surface area contributed by atoms with Crippen LogP contribution in [0.3, 0.4) is 0 Å². The molecule has 2 aromatic rings. The van der Waals surface area contributed by atoms with Crippen LogP contribution in [0.2, 0.25) is 0 Å². The molecule has 1 aliphatic heterocycles. The van der Waals surface area contributed by atoms with E-state index in [9.17, 15) is 9.18 Å². The van der Waals surface area contributed by atoms with Gasteiger partial charge >= 0.3 is 0 Å². The summed E-state index contributed by atoms with van der Waals surface area (Å²) in [5, 5.41) is 0. The van der Waals surface area contributed by atoms with Gasteiger partial charge in [-0.15, -0.1) is 0 Å². The van der Waals surface area contributed by atoms with Gasteiger partial charge in [0, 0.05) is 13.1 Å². The van der Waals surface area contributed by atoms with Crippen LogP contribution < -0.4 is 10.5 Å². The Hall–Kier alpha value is -2.40. The van der Waals surface area contributed by atoms with Crippen molar-refractivity contribution < 1.29 is 13.9 Å². The highest BCUT2D eigenvalue weighted by atomic mass is 19.1. The van der Waals surface area contributed by atoms with Gasteiger partial charge in [0.2, 0.25) is 0 Å². The van der Waals surface area contributed by atoms with E-state index in [1.54, 1.807) is 24.3 Å². The van der Waals surface area contributed by atoms with Gasteiger partial charge in [-0.2, -0.15) is 0 Å². The number of carbonyl (C=O) groups is 1. The first kappa shape index (κ1) is 17.4. The molecule has 0 aromatic heterocycles. The SMILES string of the molecule is CC1(CN)CCN(C(=O)c2ccccc2OCc2ccc(F)cc2)C1. The Morgan fingerprint density at radius 2 is 1.96 bits per heavy atom. The Morgan fingerprint density at radius 1 is 1.24 bits per heavy atom. The lowest BCUT2D eigenvalue weighted by Crippen LogP contribution is -2.34. The molecule has 1 unspecified atom stereocenters. The lowest BCUT2D eigenvalue weighted by Gasteiger charge is -2.23. The molecular formula is C20H23FN2O2. The molecule has 4 nitrogen and oxygen atoms in total. The summed E-state index contributed by atoms with van der Waals surface area (Å²) in [5.74, 6) is 0.223. The summed E-state index contributed by atoms with van der Waals surface area (Å²) < 4.78 is 18.8. The van der Waals surface area contributed by atoms with Crippen molar-refractivity contribution in [2.45, 2.75) is 20.0 Å². The second-order valence-electron chi connectivity index (χ2n) is 6.90. The standard InChI is InChI=1S/C20H23FN2O2/c1-20(13-22)10-11-23(14-20)19(24)17-4-2-3-5-18(17)25-12-15-6-8-16(21)9-7-15/h2-9H,10-14,22H2,1H3. The average Bonchev–Trinajstić information content (AvgIpc) is 3.04. The van der Waals surface area contributed by atoms with E-state index in [-0.39, 0.29) is 23.7 Å². The van der Waals surface area contributed by atoms with Crippen molar-refractivity contribution >= 4 is 5.91 Å². The first-order valence-electron chi connectivity index (χ1n) is 8.46. The number of likely N-dealkylation sites (tertiary alicyclic amines) is 1. The Bertz CT molecular complexity index is 748. The van der Waals surface area contributed by atoms with Crippen molar-refractivity contribution in [1.82, 2.24) is 4.90 Å². The predicted octanol–water partition coefficient (Wildman–Crippen LogP) is 3.22. The number of ether oxygens (including phenoxy) is 1. The first-order chi connectivity index (χ1) is 12.0. The Labute approximate surface area is 147 Å². The molecule has 1 fully saturated rings. The number of halogens is 1. The van der Waals surface area contributed by atoms with Crippen LogP contribution in [0, 0.1) is 11.2 Å². The number of hydrogen-bond donors (Lipinski definition) is 1. The predicted molar refractivity (Wildman–Crippen MR) is 94.9 cm³/mol. The van der Waals surface area contributed by atoms with Crippen molar-refractivity contribution in [3.63, 3.8) is 0 Å². The minimum Gasteiger partial charge on any atom is -0.488 e. The fourth-order valence-corrected chi connectivity index (χ4v) is 3.04. The summed E-state index contributed by atoms with van der Waals surface area (Å²) in [4.78, 5) is 14.7. The highest BCUT2D eigenvalue weighted by Gasteiger charge is 2.35. The molecule has 2 aromatic carbocycles. The molecule has 0 radical (unpaired) electrons. The van der Waals surface area contributed by atoms with Crippen molar-refractivity contribution in [2.24, 2.45) is 11.1 Å². The minimum absolute atomic E-state index is 0.0143. The number of nitrogens with two attached hydrogens (primary N) is 1. The van der Waals surface area contributed by atoms with Crippen LogP contribution in [-0.4, -0.2) is 30.4 Å². The van der Waals surface area contributed by atoms with E-state index in [0.717, 1.165) is 12.0 Å². The quantitative estimate of drug-likeness (QED) is 0.908. The summed E-state index contributed by atoms with van der Waals surface area (Å²) in [6, 6.07) is 13.4. The summed E-state index contributed by atoms with van der Waals surface area (Å²) in [5.41, 5.74) is 7.21. The van der Waals surface area contributed by atoms with Crippen molar-refractivity contribution in [3.8, 4) is 5.75 Å². The number of hydrogen-bond acceptors (Lipinski definition) is 3. The number of nitrogens with zero attached hydrogens (tertiary/aromatic N) is 1. The molecule has 1 saturated heterocycles. The summed E-state index contributed by atoms with van der Waals surface area (Å²) in [6.45, 7) is 4.33. The van der Waals surface area contributed by atoms with Crippen LogP contribution in [0.4, 0.5) is 4.39 Å². The first-order valence-corrected chi connectivity index (χ1v) is 8.46. The topological polar surface area (TPSA) is 55.6 Å². The molecule has 0 bridgehead atoms. The number of para-hydroxylation sites is 1. The van der Waals surface area contributed by atoms with Gasteiger partial charge in [-0.25, -0.2) is 4.39 Å². The van der Waals surface area contributed by atoms with Gasteiger partial charge in [-0.1, -0.05) is 31.2 Å². The van der Waals surface area contributed by atoms with Gasteiger partial charge in [0.25, 0.3) is 5.91 Å². The monoisotopic (exact) mass is 342 g/mol. The van der Waals surface area contributed by atoms with E-state index in [1.807, 2.05) is 17.0 Å². The van der Waals surface area contributed by atoms with Crippen LogP contribution >= 0.6 is 0 Å². The van der Waals surface area contributed by atoms with E-state index >= 15 is 0 Å². The Morgan fingerprint density at radius 3 is 2.64 bits per heavy atom. The molecule has 1 aliphatic rings. The van der Waals surface area contributed by atoms with E-state index in [2.05, 4.69) is 6.92 Å². The lowest BCUT2D eigenvalue weighted by molar-refractivity contribution is 0.0772. The van der Waals surface area contributed by atoms with Gasteiger partial charge < -0.3 is 15.4 Å². The number of benzene rings is 2. The third kappa shape index (κ3) is 3.99. The molecule has 0 saturated carbocycles. The smallest absolute Gasteiger partial charge is 0.257 e. The van der Waals surface area contributed by atoms with Crippen LogP contribution in [0.5, 0.6) is 5.75 Å². The Kier molecular flexibility index (Phi) is 5.04. The third-order valence-corrected chi connectivity index (χ3v) is 4.76. The normalized spacial score (nSPS) is 19.9. The van der Waals surface area contributed by atoms with Gasteiger partial charge in [0.05, 0.1) is 5.56 Å². The summed E-state index contributed by atoms with van der Waals surface area (Å²) >= 11 is 0. The number of rotatable bonds is 5. The van der Waals surface area contributed by atoms with Crippen molar-refractivity contribution in [2.75, 3.05) is 19.6 Å². The molecule has 25 heavy (non-hydrogen) atoms. The maximum atomic E-state index is 13.0. The molecule has 3 rings (SSSR count). The molecule has 1 atom stereocenters. The zero-order valence-corrected chi connectivity index (χ0v) is 14.4. The molecule has 0 aliphatic carbocycles. The fourth-order valence-electron chi connectivity index (χ4n) is 3.04. The Balaban J connectivity index is 1.72. The summed E-state index contributed by atoms with van der Waals surface area (Å²) in [6.07, 6.45) is 0.911. The average molecular weight is 342 g/mol. The fraction of sp³-hybridized carbons (Fsp3) is 0.350. The van der Waals surface area contributed by atoms with E-state index in [4.69, 9.17) is 10.5 Å². The molecule has 1 amide bonds. The highest BCUT2D eigenvalue weighted by Crippen LogP contribution is 2.31. The molecule has 5 heteroatoms. The van der Waals surface area contributed by atoms with Crippen LogP contribution in [0.1, 0.15) is 29.3 Å². The zero-order chi connectivity index (χ0) is 17.9. The van der Waals surface area contributed by atoms with E-state index < -0.39 is 0 Å². The van der Waals surface area contributed by atoms with Crippen LogP contribution in [-0.2, 0) is 6.61 Å². The highest BCUT2D eigenvalue weighted by molar-refractivity contribution is 5.97. The number of amides is 1. The maximum Gasteiger partial charge on any atom is 0.257 e. The van der Waals surface area contributed by atoms with Crippen LogP contribution in [0.25, 0.3) is 0 Å². The zero-order valence-electron chi connectivity index (χ0n) is 14.4. The van der Waals surface area contributed by atoms with E-state index in [0.29, 0.717) is 30.9 Å². The van der Waals surface area contributed by atoms with Crippen molar-refractivity contribution in [1.29, 1.82) is 0 Å². The number of carbonyl (C=O) groups excluding carboxylic acids is 1. The lowest BCUT2D eigenvalue weighted by atomic mass is 9.90. The van der Waals surface area contributed by atoms with Gasteiger partial charge in [-0.05, 0) is 48.2 Å². The van der Waals surface area contributed by atoms with Crippen molar-refractivity contribution in [3.05, 3.63) is 65.5 Å². The largest absolute Gasteiger partial charge is 0.488 e. The third-order valence-electron chi connectivity index (χ3n) is 4.76. The molecule has 0 spiro atoms. The second-order valence-corrected chi connectivity index (χ2v) is 6.90. The second kappa shape index (κ2) is 7.23. The van der Waals surface area contributed by atoms with E-state index in [1.165, 1.54) is 12.1 Å². The van der Waals surface area contributed by atoms with Gasteiger partial charge in [0.1, 0.15) is 18.2 Å². The van der Waals surface area contributed by atoms with Gasteiger partial charge in [0.15, 0.2) is 0 Å². The molecule has 132 valence electrons. The summed E-state index contributed by atoms with van der Waals surface area (Å²) in [7, 11) is 0. The van der Waals surface area contributed by atoms with Crippen LogP contribution in [0.15, 0.2) is 48.5 Å². The van der Waals surface area contributed by atoms with Gasteiger partial charge in [-0.3, -0.25) is 4.79 Å². The molecular weight excluding hydrogens is 319 g/mol. The maximum absolute atomic E-state index is 13.0. The molecule has 2 N–H and O–H groups in total.